The van der Waals surface area contributed by atoms with Crippen LogP contribution in [0.4, 0.5) is 5.69 Å². The van der Waals surface area contributed by atoms with Crippen molar-refractivity contribution in [3.63, 3.8) is 0 Å². The molecule has 3 aromatic rings. The number of hydrogen-bond acceptors (Lipinski definition) is 5. The molecule has 1 heterocycles. The van der Waals surface area contributed by atoms with Crippen molar-refractivity contribution in [2.24, 2.45) is 0 Å². The van der Waals surface area contributed by atoms with Gasteiger partial charge in [0.15, 0.2) is 3.95 Å². The highest BCUT2D eigenvalue weighted by Gasteiger charge is 2.20. The van der Waals surface area contributed by atoms with E-state index in [4.69, 9.17) is 12.2 Å². The first-order valence-corrected chi connectivity index (χ1v) is 11.9. The summed E-state index contributed by atoms with van der Waals surface area (Å²) in [4.78, 5) is 12.9. The molecule has 0 aliphatic carbocycles. The third kappa shape index (κ3) is 4.70. The van der Waals surface area contributed by atoms with E-state index in [9.17, 15) is 13.2 Å². The highest BCUT2D eigenvalue weighted by Crippen LogP contribution is 2.25. The van der Waals surface area contributed by atoms with Crippen molar-refractivity contribution < 1.29 is 13.2 Å². The normalized spacial score (nSPS) is 11.6. The second kappa shape index (κ2) is 8.81. The van der Waals surface area contributed by atoms with Gasteiger partial charge < -0.3 is 9.88 Å². The predicted molar refractivity (Wildman–Crippen MR) is 124 cm³/mol. The zero-order chi connectivity index (χ0) is 22.1. The molecule has 2 aromatic carbocycles. The summed E-state index contributed by atoms with van der Waals surface area (Å²) < 4.78 is 28.6. The van der Waals surface area contributed by atoms with Gasteiger partial charge in [-0.1, -0.05) is 35.9 Å². The molecule has 0 radical (unpaired) electrons. The first-order chi connectivity index (χ1) is 14.1. The molecule has 0 saturated carbocycles. The van der Waals surface area contributed by atoms with E-state index in [2.05, 4.69) is 5.32 Å². The van der Waals surface area contributed by atoms with Crippen LogP contribution in [0.3, 0.4) is 0 Å². The second-order valence-electron chi connectivity index (χ2n) is 7.15. The molecule has 3 rings (SSSR count). The minimum Gasteiger partial charge on any atom is -0.324 e. The fourth-order valence-corrected chi connectivity index (χ4v) is 5.14. The number of carbonyl (C=O) groups is 1. The quantitative estimate of drug-likeness (QED) is 0.551. The van der Waals surface area contributed by atoms with E-state index < -0.39 is 10.0 Å². The van der Waals surface area contributed by atoms with Gasteiger partial charge >= 0.3 is 0 Å². The summed E-state index contributed by atoms with van der Waals surface area (Å²) >= 11 is 6.82. The van der Waals surface area contributed by atoms with Crippen molar-refractivity contribution in [2.45, 2.75) is 25.3 Å². The molecule has 0 saturated heterocycles. The molecule has 0 aliphatic heterocycles. The van der Waals surface area contributed by atoms with Gasteiger partial charge in [-0.25, -0.2) is 12.7 Å². The zero-order valence-corrected chi connectivity index (χ0v) is 19.6. The minimum atomic E-state index is -3.61. The molecule has 0 atom stereocenters. The molecule has 0 fully saturated rings. The van der Waals surface area contributed by atoms with Crippen LogP contribution in [0.1, 0.15) is 11.1 Å². The lowest BCUT2D eigenvalue weighted by molar-refractivity contribution is -0.116. The number of nitrogens with zero attached hydrogens (tertiary/aromatic N) is 2. The van der Waals surface area contributed by atoms with Crippen molar-refractivity contribution in [1.82, 2.24) is 8.87 Å². The summed E-state index contributed by atoms with van der Waals surface area (Å²) in [6, 6.07) is 12.9. The molecule has 0 bridgehead atoms. The maximum atomic E-state index is 12.7. The number of aromatic nitrogens is 1. The predicted octanol–water partition coefficient (Wildman–Crippen LogP) is 4.45. The first kappa shape index (κ1) is 22.4. The molecule has 158 valence electrons. The Hall–Kier alpha value is -2.33. The van der Waals surface area contributed by atoms with Crippen molar-refractivity contribution >= 4 is 45.2 Å². The Morgan fingerprint density at radius 2 is 1.80 bits per heavy atom. The van der Waals surface area contributed by atoms with E-state index in [1.54, 1.807) is 23.6 Å². The van der Waals surface area contributed by atoms with Crippen LogP contribution < -0.4 is 5.32 Å². The molecule has 30 heavy (non-hydrogen) atoms. The van der Waals surface area contributed by atoms with Crippen LogP contribution in [0, 0.1) is 17.8 Å². The summed E-state index contributed by atoms with van der Waals surface area (Å²) in [5.41, 5.74) is 4.04. The van der Waals surface area contributed by atoms with E-state index in [0.29, 0.717) is 15.2 Å². The van der Waals surface area contributed by atoms with Crippen LogP contribution in [-0.4, -0.2) is 37.3 Å². The van der Waals surface area contributed by atoms with Gasteiger partial charge in [0.05, 0.1) is 10.6 Å². The highest BCUT2D eigenvalue weighted by atomic mass is 32.2. The number of nitrogens with one attached hydrogen (secondary N) is 1. The second-order valence-corrected chi connectivity index (χ2v) is 10.8. The maximum Gasteiger partial charge on any atom is 0.244 e. The number of hydrogen-bond donors (Lipinski definition) is 1. The van der Waals surface area contributed by atoms with E-state index in [1.807, 2.05) is 36.6 Å². The summed E-state index contributed by atoms with van der Waals surface area (Å²) in [6.45, 7) is 3.78. The van der Waals surface area contributed by atoms with E-state index in [0.717, 1.165) is 21.1 Å². The lowest BCUT2D eigenvalue weighted by Crippen LogP contribution is -2.24. The number of benzene rings is 2. The van der Waals surface area contributed by atoms with Gasteiger partial charge in [0.25, 0.3) is 0 Å². The Morgan fingerprint density at radius 1 is 1.13 bits per heavy atom. The topological polar surface area (TPSA) is 71.4 Å². The molecule has 9 heteroatoms. The largest absolute Gasteiger partial charge is 0.324 e. The number of anilines is 1. The molecule has 0 spiro atoms. The lowest BCUT2D eigenvalue weighted by atomic mass is 10.1. The monoisotopic (exact) mass is 461 g/mol. The Morgan fingerprint density at radius 3 is 2.43 bits per heavy atom. The fourth-order valence-electron chi connectivity index (χ4n) is 2.93. The van der Waals surface area contributed by atoms with Crippen molar-refractivity contribution in [2.75, 3.05) is 19.4 Å². The molecule has 1 aromatic heterocycles. The Kier molecular flexibility index (Phi) is 6.56. The number of amides is 1. The number of aryl methyl sites for hydroxylation is 2. The summed E-state index contributed by atoms with van der Waals surface area (Å²) in [5, 5.41) is 4.73. The molecule has 0 aliphatic rings. The number of carbonyl (C=O) groups excluding carboxylic acids is 1. The van der Waals surface area contributed by atoms with E-state index >= 15 is 0 Å². The van der Waals surface area contributed by atoms with Gasteiger partial charge in [0.2, 0.25) is 15.9 Å². The van der Waals surface area contributed by atoms with E-state index in [-0.39, 0.29) is 17.3 Å². The molecular weight excluding hydrogens is 438 g/mol. The van der Waals surface area contributed by atoms with Crippen molar-refractivity contribution in [3.05, 3.63) is 62.9 Å². The average molecular weight is 462 g/mol. The van der Waals surface area contributed by atoms with Gasteiger partial charge in [-0.3, -0.25) is 4.79 Å². The third-order valence-electron chi connectivity index (χ3n) is 4.66. The SMILES string of the molecule is Cc1ccc(-c2csc(=S)n2CC(=O)Nc2ccc(C)c(S(=O)(=O)N(C)C)c2)cc1. The maximum absolute atomic E-state index is 12.7. The summed E-state index contributed by atoms with van der Waals surface area (Å²) in [6.07, 6.45) is 0. The highest BCUT2D eigenvalue weighted by molar-refractivity contribution is 7.89. The molecule has 6 nitrogen and oxygen atoms in total. The van der Waals surface area contributed by atoms with Gasteiger partial charge in [-0.2, -0.15) is 0 Å². The number of thiazole rings is 1. The fraction of sp³-hybridized carbons (Fsp3) is 0.238. The van der Waals surface area contributed by atoms with Gasteiger partial charge in [-0.05, 0) is 49.3 Å². The minimum absolute atomic E-state index is 0.0369. The average Bonchev–Trinajstić information content (AvgIpc) is 3.04. The van der Waals surface area contributed by atoms with Crippen LogP contribution >= 0.6 is 23.6 Å². The Labute approximate surface area is 185 Å². The van der Waals surface area contributed by atoms with Crippen LogP contribution in [0.15, 0.2) is 52.7 Å². The van der Waals surface area contributed by atoms with Gasteiger partial charge in [0.1, 0.15) is 6.54 Å². The molecular formula is C21H23N3O3S3. The van der Waals surface area contributed by atoms with Gasteiger partial charge in [0, 0.05) is 25.2 Å². The van der Waals surface area contributed by atoms with E-state index in [1.165, 1.54) is 31.5 Å². The molecule has 1 amide bonds. The van der Waals surface area contributed by atoms with Crippen LogP contribution in [0.25, 0.3) is 11.3 Å². The molecule has 1 N–H and O–H groups in total. The van der Waals surface area contributed by atoms with Crippen molar-refractivity contribution in [3.8, 4) is 11.3 Å². The van der Waals surface area contributed by atoms with Gasteiger partial charge in [-0.15, -0.1) is 11.3 Å². The molecule has 0 unspecified atom stereocenters. The zero-order valence-electron chi connectivity index (χ0n) is 17.2. The van der Waals surface area contributed by atoms with Crippen LogP contribution in [0.5, 0.6) is 0 Å². The first-order valence-electron chi connectivity index (χ1n) is 9.18. The number of rotatable bonds is 6. The van der Waals surface area contributed by atoms with Crippen LogP contribution in [0.2, 0.25) is 0 Å². The summed E-state index contributed by atoms with van der Waals surface area (Å²) in [7, 11) is -0.653. The van der Waals surface area contributed by atoms with Crippen molar-refractivity contribution in [1.29, 1.82) is 0 Å². The Balaban J connectivity index is 1.85. The standard InChI is InChI=1S/C21H23N3O3S3/c1-14-5-8-16(9-6-14)18-13-29-21(28)24(18)12-20(25)22-17-10-7-15(2)19(11-17)30(26,27)23(3)4/h5-11,13H,12H2,1-4H3,(H,22,25). The summed E-state index contributed by atoms with van der Waals surface area (Å²) in [5.74, 6) is -0.282. The van der Waals surface area contributed by atoms with Crippen LogP contribution in [-0.2, 0) is 21.4 Å². The number of sulfonamides is 1. The third-order valence-corrected chi connectivity index (χ3v) is 7.89. The smallest absolute Gasteiger partial charge is 0.244 e. The lowest BCUT2D eigenvalue weighted by Gasteiger charge is -2.15. The Bertz CT molecular complexity index is 1240.